The van der Waals surface area contributed by atoms with Gasteiger partial charge in [-0.1, -0.05) is 30.3 Å². The molecule has 0 unspecified atom stereocenters. The van der Waals surface area contributed by atoms with Gasteiger partial charge in [-0.15, -0.1) is 0 Å². The van der Waals surface area contributed by atoms with Crippen LogP contribution in [0, 0.1) is 11.6 Å². The van der Waals surface area contributed by atoms with Crippen molar-refractivity contribution in [3.63, 3.8) is 0 Å². The van der Waals surface area contributed by atoms with E-state index in [9.17, 15) is 13.6 Å². The summed E-state index contributed by atoms with van der Waals surface area (Å²) in [5, 5.41) is 2.54. The van der Waals surface area contributed by atoms with Crippen molar-refractivity contribution in [2.24, 2.45) is 0 Å². The molecule has 0 aliphatic carbocycles. The van der Waals surface area contributed by atoms with Crippen LogP contribution >= 0.6 is 0 Å². The van der Waals surface area contributed by atoms with E-state index >= 15 is 0 Å². The van der Waals surface area contributed by atoms with Crippen LogP contribution in [0.25, 0.3) is 0 Å². The molecule has 1 aliphatic heterocycles. The van der Waals surface area contributed by atoms with Crippen LogP contribution in [0.5, 0.6) is 11.5 Å². The summed E-state index contributed by atoms with van der Waals surface area (Å²) >= 11 is 0. The summed E-state index contributed by atoms with van der Waals surface area (Å²) in [7, 11) is 0. The minimum Gasteiger partial charge on any atom is -0.485 e. The van der Waals surface area contributed by atoms with Gasteiger partial charge in [-0.25, -0.2) is 8.78 Å². The second kappa shape index (κ2) is 8.38. The molecule has 0 atom stereocenters. The molecule has 0 radical (unpaired) electrons. The number of halogens is 2. The van der Waals surface area contributed by atoms with Crippen LogP contribution in [-0.2, 0) is 19.6 Å². The number of hydrogen-bond donors (Lipinski definition) is 1. The van der Waals surface area contributed by atoms with E-state index in [0.717, 1.165) is 35.4 Å². The summed E-state index contributed by atoms with van der Waals surface area (Å²) in [6.07, 6.45) is 0.833. The Hall–Kier alpha value is -3.41. The van der Waals surface area contributed by atoms with Crippen molar-refractivity contribution >= 4 is 5.91 Å². The fourth-order valence-electron chi connectivity index (χ4n) is 3.59. The number of carbonyl (C=O) groups excluding carboxylic acids is 1. The SMILES string of the molecule is CC1(C)Cc2cccc(OCc3ccc(C(=O)NCc4c(F)cccc4F)cc3)c2O1. The molecule has 0 saturated heterocycles. The molecule has 31 heavy (non-hydrogen) atoms. The predicted octanol–water partition coefficient (Wildman–Crippen LogP) is 5.19. The van der Waals surface area contributed by atoms with E-state index in [4.69, 9.17) is 9.47 Å². The summed E-state index contributed by atoms with van der Waals surface area (Å²) in [6.45, 7) is 4.18. The molecule has 0 bridgehead atoms. The lowest BCUT2D eigenvalue weighted by Gasteiger charge is -2.18. The highest BCUT2D eigenvalue weighted by atomic mass is 19.1. The molecule has 3 aromatic carbocycles. The van der Waals surface area contributed by atoms with Crippen LogP contribution < -0.4 is 14.8 Å². The van der Waals surface area contributed by atoms with Crippen molar-refractivity contribution in [2.75, 3.05) is 0 Å². The summed E-state index contributed by atoms with van der Waals surface area (Å²) in [5.74, 6) is -0.313. The third kappa shape index (κ3) is 4.68. The molecular formula is C25H23F2NO3. The molecule has 160 valence electrons. The third-order valence-corrected chi connectivity index (χ3v) is 5.15. The van der Waals surface area contributed by atoms with E-state index in [1.807, 2.05) is 32.0 Å². The maximum atomic E-state index is 13.7. The smallest absolute Gasteiger partial charge is 0.251 e. The van der Waals surface area contributed by atoms with Crippen LogP contribution in [-0.4, -0.2) is 11.5 Å². The Morgan fingerprint density at radius 3 is 2.42 bits per heavy atom. The number of amides is 1. The first kappa shape index (κ1) is 20.8. The molecule has 1 N–H and O–H groups in total. The Labute approximate surface area is 179 Å². The molecule has 1 aliphatic rings. The Balaban J connectivity index is 1.36. The lowest BCUT2D eigenvalue weighted by atomic mass is 10.0. The fraction of sp³-hybridized carbons (Fsp3) is 0.240. The van der Waals surface area contributed by atoms with Gasteiger partial charge < -0.3 is 14.8 Å². The van der Waals surface area contributed by atoms with Gasteiger partial charge >= 0.3 is 0 Å². The normalized spacial score (nSPS) is 13.9. The Kier molecular flexibility index (Phi) is 5.63. The minimum absolute atomic E-state index is 0.165. The highest BCUT2D eigenvalue weighted by molar-refractivity contribution is 5.94. The molecular weight excluding hydrogens is 400 g/mol. The molecule has 4 rings (SSSR count). The van der Waals surface area contributed by atoms with Crippen LogP contribution in [0.2, 0.25) is 0 Å². The molecule has 1 amide bonds. The molecule has 4 nitrogen and oxygen atoms in total. The Bertz CT molecular complexity index is 1090. The molecule has 0 spiro atoms. The number of hydrogen-bond acceptors (Lipinski definition) is 3. The monoisotopic (exact) mass is 423 g/mol. The zero-order chi connectivity index (χ0) is 22.0. The Morgan fingerprint density at radius 2 is 1.71 bits per heavy atom. The third-order valence-electron chi connectivity index (χ3n) is 5.15. The lowest BCUT2D eigenvalue weighted by molar-refractivity contribution is 0.0950. The number of carbonyl (C=O) groups is 1. The molecule has 0 aromatic heterocycles. The van der Waals surface area contributed by atoms with Crippen LogP contribution in [0.4, 0.5) is 8.78 Å². The van der Waals surface area contributed by atoms with Crippen LogP contribution in [0.1, 0.15) is 40.9 Å². The van der Waals surface area contributed by atoms with Crippen molar-refractivity contribution in [1.82, 2.24) is 5.32 Å². The lowest BCUT2D eigenvalue weighted by Crippen LogP contribution is -2.24. The van der Waals surface area contributed by atoms with Crippen molar-refractivity contribution in [3.05, 3.63) is 94.6 Å². The molecule has 1 heterocycles. The van der Waals surface area contributed by atoms with Crippen molar-refractivity contribution < 1.29 is 23.0 Å². The van der Waals surface area contributed by atoms with Gasteiger partial charge in [0.25, 0.3) is 5.91 Å². The van der Waals surface area contributed by atoms with E-state index in [1.165, 1.54) is 6.07 Å². The number of ether oxygens (including phenoxy) is 2. The van der Waals surface area contributed by atoms with Gasteiger partial charge in [0.2, 0.25) is 0 Å². The van der Waals surface area contributed by atoms with Crippen molar-refractivity contribution in [1.29, 1.82) is 0 Å². The quantitative estimate of drug-likeness (QED) is 0.594. The summed E-state index contributed by atoms with van der Waals surface area (Å²) in [6, 6.07) is 16.3. The average Bonchev–Trinajstić information content (AvgIpc) is 3.06. The van der Waals surface area contributed by atoms with Gasteiger partial charge in [0.05, 0.1) is 0 Å². The van der Waals surface area contributed by atoms with Gasteiger partial charge in [0.1, 0.15) is 23.8 Å². The molecule has 0 fully saturated rings. The highest BCUT2D eigenvalue weighted by Crippen LogP contribution is 2.41. The summed E-state index contributed by atoms with van der Waals surface area (Å²) in [5.41, 5.74) is 1.99. The molecule has 6 heteroatoms. The maximum Gasteiger partial charge on any atom is 0.251 e. The zero-order valence-corrected chi connectivity index (χ0v) is 17.4. The number of benzene rings is 3. The maximum absolute atomic E-state index is 13.7. The van der Waals surface area contributed by atoms with Crippen LogP contribution in [0.15, 0.2) is 60.7 Å². The van der Waals surface area contributed by atoms with Crippen molar-refractivity contribution in [2.45, 2.75) is 39.0 Å². The van der Waals surface area contributed by atoms with E-state index in [-0.39, 0.29) is 17.7 Å². The van der Waals surface area contributed by atoms with Gasteiger partial charge in [0.15, 0.2) is 11.5 Å². The second-order valence-electron chi connectivity index (χ2n) is 8.15. The number of rotatable bonds is 6. The van der Waals surface area contributed by atoms with Gasteiger partial charge in [0, 0.05) is 29.7 Å². The Morgan fingerprint density at radius 1 is 1.03 bits per heavy atom. The average molecular weight is 423 g/mol. The molecule has 3 aromatic rings. The van der Waals surface area contributed by atoms with Gasteiger partial charge in [-0.05, 0) is 49.7 Å². The first-order valence-electron chi connectivity index (χ1n) is 10.1. The van der Waals surface area contributed by atoms with E-state index < -0.39 is 17.5 Å². The summed E-state index contributed by atoms with van der Waals surface area (Å²) < 4.78 is 39.3. The molecule has 0 saturated carbocycles. The fourth-order valence-corrected chi connectivity index (χ4v) is 3.59. The largest absolute Gasteiger partial charge is 0.485 e. The number of nitrogens with one attached hydrogen (secondary N) is 1. The van der Waals surface area contributed by atoms with Crippen molar-refractivity contribution in [3.8, 4) is 11.5 Å². The van der Waals surface area contributed by atoms with Crippen LogP contribution in [0.3, 0.4) is 0 Å². The topological polar surface area (TPSA) is 47.6 Å². The van der Waals surface area contributed by atoms with E-state index in [1.54, 1.807) is 24.3 Å². The zero-order valence-electron chi connectivity index (χ0n) is 17.4. The first-order valence-corrected chi connectivity index (χ1v) is 10.1. The second-order valence-corrected chi connectivity index (χ2v) is 8.15. The van der Waals surface area contributed by atoms with Gasteiger partial charge in [-0.2, -0.15) is 0 Å². The minimum atomic E-state index is -0.687. The highest BCUT2D eigenvalue weighted by Gasteiger charge is 2.32. The summed E-state index contributed by atoms with van der Waals surface area (Å²) in [4.78, 5) is 12.3. The standard InChI is InChI=1S/C25H23F2NO3/c1-25(2)13-18-5-3-8-22(23(18)31-25)30-15-16-9-11-17(12-10-16)24(29)28-14-19-20(26)6-4-7-21(19)27/h3-12H,13-15H2,1-2H3,(H,28,29). The predicted molar refractivity (Wildman–Crippen MR) is 113 cm³/mol. The van der Waals surface area contributed by atoms with E-state index in [0.29, 0.717) is 17.9 Å². The van der Waals surface area contributed by atoms with Gasteiger partial charge in [-0.3, -0.25) is 4.79 Å². The first-order chi connectivity index (χ1) is 14.8. The van der Waals surface area contributed by atoms with E-state index in [2.05, 4.69) is 5.32 Å². The number of fused-ring (bicyclic) bond motifs is 1. The number of para-hydroxylation sites is 1.